The van der Waals surface area contributed by atoms with E-state index < -0.39 is 0 Å². The Labute approximate surface area is 105 Å². The Bertz CT molecular complexity index is 524. The van der Waals surface area contributed by atoms with E-state index >= 15 is 0 Å². The molecule has 2 aromatic heterocycles. The number of nitrogen functional groups attached to an aromatic ring is 1. The number of hydrogen-bond acceptors (Lipinski definition) is 6. The van der Waals surface area contributed by atoms with Gasteiger partial charge >= 0.3 is 6.01 Å². The van der Waals surface area contributed by atoms with Gasteiger partial charge in [-0.05, 0) is 6.42 Å². The maximum absolute atomic E-state index is 5.63. The number of hydrogen-bond donors (Lipinski definition) is 1. The Balaban J connectivity index is 2.17. The van der Waals surface area contributed by atoms with E-state index in [1.165, 1.54) is 0 Å². The van der Waals surface area contributed by atoms with Crippen molar-refractivity contribution in [2.24, 2.45) is 7.05 Å². The summed E-state index contributed by atoms with van der Waals surface area (Å²) in [5, 5.41) is 0. The van der Waals surface area contributed by atoms with E-state index in [1.54, 1.807) is 6.20 Å². The zero-order chi connectivity index (χ0) is 13.0. The van der Waals surface area contributed by atoms with Gasteiger partial charge in [-0.1, -0.05) is 6.92 Å². The van der Waals surface area contributed by atoms with Crippen LogP contribution in [0.5, 0.6) is 6.01 Å². The van der Waals surface area contributed by atoms with Crippen molar-refractivity contribution in [3.05, 3.63) is 24.0 Å². The average Bonchev–Trinajstić information content (AvgIpc) is 2.72. The predicted octanol–water partition coefficient (Wildman–Crippen LogP) is 0.567. The number of ether oxygens (including phenoxy) is 1. The van der Waals surface area contributed by atoms with Gasteiger partial charge in [0.25, 0.3) is 0 Å². The summed E-state index contributed by atoms with van der Waals surface area (Å²) in [6, 6.07) is 0.272. The highest BCUT2D eigenvalue weighted by Crippen LogP contribution is 2.09. The lowest BCUT2D eigenvalue weighted by molar-refractivity contribution is 0.290. The van der Waals surface area contributed by atoms with Gasteiger partial charge in [-0.15, -0.1) is 0 Å². The molecule has 2 aromatic rings. The Morgan fingerprint density at radius 3 is 2.83 bits per heavy atom. The Kier molecular flexibility index (Phi) is 3.71. The molecule has 2 rings (SSSR count). The van der Waals surface area contributed by atoms with Gasteiger partial charge in [-0.25, -0.2) is 4.98 Å². The van der Waals surface area contributed by atoms with Gasteiger partial charge in [0.1, 0.15) is 11.6 Å². The number of anilines is 1. The van der Waals surface area contributed by atoms with Gasteiger partial charge in [0.2, 0.25) is 5.95 Å². The maximum Gasteiger partial charge on any atom is 0.321 e. The number of imidazole rings is 1. The molecule has 0 amide bonds. The summed E-state index contributed by atoms with van der Waals surface area (Å²) in [7, 11) is 1.92. The molecule has 96 valence electrons. The van der Waals surface area contributed by atoms with Gasteiger partial charge in [-0.3, -0.25) is 0 Å². The van der Waals surface area contributed by atoms with Crippen molar-refractivity contribution in [2.45, 2.75) is 19.8 Å². The fraction of sp³-hybridized carbons (Fsp3) is 0.455. The lowest BCUT2D eigenvalue weighted by Gasteiger charge is -2.05. The van der Waals surface area contributed by atoms with Crippen molar-refractivity contribution in [2.75, 3.05) is 12.3 Å². The number of nitrogens with zero attached hydrogens (tertiary/aromatic N) is 5. The zero-order valence-electron chi connectivity index (χ0n) is 10.5. The molecule has 0 bridgehead atoms. The summed E-state index contributed by atoms with van der Waals surface area (Å²) >= 11 is 0. The van der Waals surface area contributed by atoms with Crippen molar-refractivity contribution < 1.29 is 4.74 Å². The number of rotatable bonds is 5. The molecule has 0 aliphatic rings. The van der Waals surface area contributed by atoms with E-state index in [0.717, 1.165) is 12.2 Å². The van der Waals surface area contributed by atoms with Gasteiger partial charge in [0.15, 0.2) is 0 Å². The summed E-state index contributed by atoms with van der Waals surface area (Å²) in [5.41, 5.74) is 5.63. The quantitative estimate of drug-likeness (QED) is 0.831. The van der Waals surface area contributed by atoms with Crippen LogP contribution in [0.1, 0.15) is 25.0 Å². The van der Waals surface area contributed by atoms with Crippen molar-refractivity contribution in [1.82, 2.24) is 24.5 Å². The molecular formula is C11H16N6O. The Hall–Kier alpha value is -2.18. The van der Waals surface area contributed by atoms with Crippen LogP contribution in [0, 0.1) is 0 Å². The summed E-state index contributed by atoms with van der Waals surface area (Å²) in [5.74, 6) is 1.59. The standard InChI is InChI=1S/C11H16N6O/c1-3-6-18-11-15-8(14-10(12)16-11)7-9-13-4-5-17(9)2/h4-5H,3,6-7H2,1-2H3,(H2,12,14,15,16). The molecule has 0 aliphatic heterocycles. The Morgan fingerprint density at radius 1 is 1.33 bits per heavy atom. The first-order chi connectivity index (χ1) is 8.69. The summed E-state index contributed by atoms with van der Waals surface area (Å²) < 4.78 is 7.27. The topological polar surface area (TPSA) is 91.7 Å². The molecule has 2 N–H and O–H groups in total. The van der Waals surface area contributed by atoms with Crippen LogP contribution >= 0.6 is 0 Å². The minimum absolute atomic E-state index is 0.167. The largest absolute Gasteiger partial charge is 0.463 e. The molecule has 0 saturated carbocycles. The van der Waals surface area contributed by atoms with Crippen LogP contribution in [0.15, 0.2) is 12.4 Å². The van der Waals surface area contributed by atoms with Crippen LogP contribution in [0.3, 0.4) is 0 Å². The van der Waals surface area contributed by atoms with E-state index in [-0.39, 0.29) is 12.0 Å². The van der Waals surface area contributed by atoms with Crippen LogP contribution < -0.4 is 10.5 Å². The molecule has 0 unspecified atom stereocenters. The highest BCUT2D eigenvalue weighted by Gasteiger charge is 2.08. The molecule has 18 heavy (non-hydrogen) atoms. The SMILES string of the molecule is CCCOc1nc(N)nc(Cc2nccn2C)n1. The van der Waals surface area contributed by atoms with Crippen molar-refractivity contribution >= 4 is 5.95 Å². The molecule has 7 nitrogen and oxygen atoms in total. The first-order valence-corrected chi connectivity index (χ1v) is 5.78. The minimum atomic E-state index is 0.167. The molecule has 0 saturated heterocycles. The molecular weight excluding hydrogens is 232 g/mol. The highest BCUT2D eigenvalue weighted by atomic mass is 16.5. The average molecular weight is 248 g/mol. The number of aromatic nitrogens is 5. The fourth-order valence-corrected chi connectivity index (χ4v) is 1.46. The monoisotopic (exact) mass is 248 g/mol. The van der Waals surface area contributed by atoms with Gasteiger partial charge in [0.05, 0.1) is 13.0 Å². The van der Waals surface area contributed by atoms with Crippen LogP contribution in [-0.2, 0) is 13.5 Å². The molecule has 0 spiro atoms. The van der Waals surface area contributed by atoms with E-state index in [1.807, 2.05) is 24.7 Å². The van der Waals surface area contributed by atoms with Crippen LogP contribution in [0.2, 0.25) is 0 Å². The highest BCUT2D eigenvalue weighted by molar-refractivity contribution is 5.19. The van der Waals surface area contributed by atoms with E-state index in [4.69, 9.17) is 10.5 Å². The van der Waals surface area contributed by atoms with Gasteiger partial charge < -0.3 is 15.0 Å². The van der Waals surface area contributed by atoms with Gasteiger partial charge in [0, 0.05) is 19.4 Å². The lowest BCUT2D eigenvalue weighted by atomic mass is 10.4. The lowest BCUT2D eigenvalue weighted by Crippen LogP contribution is -2.09. The second-order valence-electron chi connectivity index (χ2n) is 3.87. The zero-order valence-corrected chi connectivity index (χ0v) is 10.5. The van der Waals surface area contributed by atoms with E-state index in [0.29, 0.717) is 18.9 Å². The Morgan fingerprint density at radius 2 is 2.17 bits per heavy atom. The van der Waals surface area contributed by atoms with Crippen molar-refractivity contribution in [3.8, 4) is 6.01 Å². The van der Waals surface area contributed by atoms with Crippen molar-refractivity contribution in [3.63, 3.8) is 0 Å². The van der Waals surface area contributed by atoms with E-state index in [9.17, 15) is 0 Å². The summed E-state index contributed by atoms with van der Waals surface area (Å²) in [6.07, 6.45) is 4.99. The van der Waals surface area contributed by atoms with Crippen molar-refractivity contribution in [1.29, 1.82) is 0 Å². The van der Waals surface area contributed by atoms with Crippen LogP contribution in [0.25, 0.3) is 0 Å². The van der Waals surface area contributed by atoms with Crippen LogP contribution in [-0.4, -0.2) is 31.1 Å². The molecule has 0 aliphatic carbocycles. The first kappa shape index (κ1) is 12.3. The third kappa shape index (κ3) is 2.93. The second kappa shape index (κ2) is 5.44. The normalized spacial score (nSPS) is 10.6. The first-order valence-electron chi connectivity index (χ1n) is 5.78. The third-order valence-corrected chi connectivity index (χ3v) is 2.35. The fourth-order valence-electron chi connectivity index (χ4n) is 1.46. The van der Waals surface area contributed by atoms with Gasteiger partial charge in [-0.2, -0.15) is 15.0 Å². The molecule has 7 heteroatoms. The minimum Gasteiger partial charge on any atom is -0.463 e. The molecule has 0 fully saturated rings. The summed E-state index contributed by atoms with van der Waals surface area (Å²) in [6.45, 7) is 2.57. The molecule has 0 aromatic carbocycles. The third-order valence-electron chi connectivity index (χ3n) is 2.35. The molecule has 0 radical (unpaired) electrons. The predicted molar refractivity (Wildman–Crippen MR) is 66.0 cm³/mol. The smallest absolute Gasteiger partial charge is 0.321 e. The molecule has 2 heterocycles. The van der Waals surface area contributed by atoms with E-state index in [2.05, 4.69) is 19.9 Å². The van der Waals surface area contributed by atoms with Crippen LogP contribution in [0.4, 0.5) is 5.95 Å². The summed E-state index contributed by atoms with van der Waals surface area (Å²) in [4.78, 5) is 16.4. The number of aryl methyl sites for hydroxylation is 1. The maximum atomic E-state index is 5.63. The second-order valence-corrected chi connectivity index (χ2v) is 3.87. The number of nitrogens with two attached hydrogens (primary N) is 1. The molecule has 0 atom stereocenters.